The van der Waals surface area contributed by atoms with Gasteiger partial charge in [-0.15, -0.1) is 11.3 Å². The van der Waals surface area contributed by atoms with Crippen LogP contribution in [-0.4, -0.2) is 49.0 Å². The van der Waals surface area contributed by atoms with Gasteiger partial charge in [0.25, 0.3) is 16.1 Å². The summed E-state index contributed by atoms with van der Waals surface area (Å²) < 4.78 is 23.7. The highest BCUT2D eigenvalue weighted by Gasteiger charge is 2.22. The number of unbranched alkanes of at least 4 members (excludes halogenated alkanes) is 1. The van der Waals surface area contributed by atoms with Crippen molar-refractivity contribution < 1.29 is 27.9 Å². The van der Waals surface area contributed by atoms with E-state index in [2.05, 4.69) is 25.7 Å². The van der Waals surface area contributed by atoms with E-state index in [1.165, 1.54) is 5.38 Å². The van der Waals surface area contributed by atoms with Crippen LogP contribution in [0.15, 0.2) is 35.7 Å². The van der Waals surface area contributed by atoms with E-state index in [0.717, 1.165) is 11.3 Å². The van der Waals surface area contributed by atoms with E-state index in [-0.39, 0.29) is 23.8 Å². The second kappa shape index (κ2) is 11.4. The molecule has 168 valence electrons. The van der Waals surface area contributed by atoms with E-state index in [1.54, 1.807) is 24.3 Å². The summed E-state index contributed by atoms with van der Waals surface area (Å²) in [7, 11) is -3.80. The molecule has 0 spiro atoms. The van der Waals surface area contributed by atoms with Gasteiger partial charge in [0.05, 0.1) is 0 Å². The van der Waals surface area contributed by atoms with Crippen LogP contribution in [-0.2, 0) is 15.0 Å². The Morgan fingerprint density at radius 1 is 1.13 bits per heavy atom. The Labute approximate surface area is 182 Å². The van der Waals surface area contributed by atoms with E-state index in [0.29, 0.717) is 18.5 Å². The first-order chi connectivity index (χ1) is 14.6. The summed E-state index contributed by atoms with van der Waals surface area (Å²) in [6.45, 7) is 0.0621. The fraction of sp³-hybridized carbons (Fsp3) is 0.294. The molecule has 0 fully saturated rings. The van der Waals surface area contributed by atoms with Crippen LogP contribution in [0.3, 0.4) is 0 Å². The molecule has 0 bridgehead atoms. The van der Waals surface area contributed by atoms with Gasteiger partial charge in [-0.2, -0.15) is 8.42 Å². The van der Waals surface area contributed by atoms with Gasteiger partial charge >= 0.3 is 6.09 Å². The first-order valence-corrected chi connectivity index (χ1v) is 11.5. The number of amides is 3. The smallest absolute Gasteiger partial charge is 0.405 e. The van der Waals surface area contributed by atoms with Gasteiger partial charge in [-0.3, -0.25) is 9.59 Å². The highest BCUT2D eigenvalue weighted by molar-refractivity contribution is 7.87. The van der Waals surface area contributed by atoms with E-state index >= 15 is 0 Å². The number of nitrogens with zero attached hydrogens (tertiary/aromatic N) is 1. The predicted octanol–water partition coefficient (Wildman–Crippen LogP) is 0.934. The minimum absolute atomic E-state index is 0.0621. The van der Waals surface area contributed by atoms with Crippen LogP contribution in [0.4, 0.5) is 15.6 Å². The number of nitrogens with one attached hydrogen (secondary N) is 4. The Hall–Kier alpha value is -3.07. The van der Waals surface area contributed by atoms with Crippen molar-refractivity contribution in [1.29, 1.82) is 0 Å². The lowest BCUT2D eigenvalue weighted by atomic mass is 10.1. The van der Waals surface area contributed by atoms with Crippen molar-refractivity contribution >= 4 is 50.3 Å². The second-order valence-corrected chi connectivity index (χ2v) is 8.52. The Balaban J connectivity index is 1.90. The SMILES string of the molecule is NS(=O)(=O)NCCCCC(NC(=O)O)C(=O)Nc1nc(C(=O)Nc2ccccc2)cs1. The van der Waals surface area contributed by atoms with Crippen LogP contribution >= 0.6 is 11.3 Å². The summed E-state index contributed by atoms with van der Waals surface area (Å²) in [5.74, 6) is -1.10. The predicted molar refractivity (Wildman–Crippen MR) is 115 cm³/mol. The molecule has 0 radical (unpaired) electrons. The van der Waals surface area contributed by atoms with E-state index in [1.807, 2.05) is 6.07 Å². The van der Waals surface area contributed by atoms with E-state index < -0.39 is 34.2 Å². The molecule has 1 atom stereocenters. The number of hydrogen-bond donors (Lipinski definition) is 6. The summed E-state index contributed by atoms with van der Waals surface area (Å²) in [4.78, 5) is 39.7. The lowest BCUT2D eigenvalue weighted by Crippen LogP contribution is -2.43. The maximum absolute atomic E-state index is 12.4. The molecule has 0 aliphatic carbocycles. The molecule has 2 aromatic rings. The lowest BCUT2D eigenvalue weighted by molar-refractivity contribution is -0.118. The van der Waals surface area contributed by atoms with Crippen molar-refractivity contribution in [3.63, 3.8) is 0 Å². The number of hydrogen-bond acceptors (Lipinski definition) is 7. The number of carboxylic acid groups (broad SMARTS) is 1. The maximum atomic E-state index is 12.4. The fourth-order valence-electron chi connectivity index (χ4n) is 2.45. The van der Waals surface area contributed by atoms with Crippen LogP contribution in [0.5, 0.6) is 0 Å². The van der Waals surface area contributed by atoms with Crippen LogP contribution in [0.2, 0.25) is 0 Å². The number of carbonyl (C=O) groups is 3. The molecule has 1 unspecified atom stereocenters. The van der Waals surface area contributed by atoms with Crippen LogP contribution < -0.4 is 25.8 Å². The number of anilines is 2. The summed E-state index contributed by atoms with van der Waals surface area (Å²) in [5.41, 5.74) is 0.690. The molecule has 0 saturated heterocycles. The summed E-state index contributed by atoms with van der Waals surface area (Å²) >= 11 is 1.02. The van der Waals surface area contributed by atoms with Crippen molar-refractivity contribution in [3.8, 4) is 0 Å². The molecule has 7 N–H and O–H groups in total. The molecule has 12 nitrogen and oxygen atoms in total. The highest BCUT2D eigenvalue weighted by Crippen LogP contribution is 2.18. The third-order valence-corrected chi connectivity index (χ3v) is 5.20. The van der Waals surface area contributed by atoms with Gasteiger partial charge in [0, 0.05) is 17.6 Å². The van der Waals surface area contributed by atoms with Gasteiger partial charge in [-0.1, -0.05) is 18.2 Å². The standard InChI is InChI=1S/C17H22N6O6S2/c18-31(28,29)19-9-5-4-8-12(22-17(26)27)14(24)23-16-21-13(10-30-16)15(25)20-11-6-2-1-3-7-11/h1-3,6-7,10,12,19,22H,4-5,8-9H2,(H,20,25)(H,26,27)(H2,18,28,29)(H,21,23,24). The second-order valence-electron chi connectivity index (χ2n) is 6.28. The van der Waals surface area contributed by atoms with Gasteiger partial charge in [-0.05, 0) is 31.4 Å². The topological polar surface area (TPSA) is 193 Å². The Kier molecular flexibility index (Phi) is 8.87. The zero-order valence-corrected chi connectivity index (χ0v) is 17.8. The van der Waals surface area contributed by atoms with Gasteiger partial charge < -0.3 is 21.1 Å². The molecule has 31 heavy (non-hydrogen) atoms. The third kappa shape index (κ3) is 9.08. The summed E-state index contributed by atoms with van der Waals surface area (Å²) in [5, 5.41) is 22.6. The maximum Gasteiger partial charge on any atom is 0.405 e. The Morgan fingerprint density at radius 3 is 2.48 bits per heavy atom. The summed E-state index contributed by atoms with van der Waals surface area (Å²) in [6, 6.07) is 7.69. The van der Waals surface area contributed by atoms with E-state index in [9.17, 15) is 22.8 Å². The number of benzene rings is 1. The quantitative estimate of drug-likeness (QED) is 0.263. The molecule has 1 heterocycles. The number of nitrogens with two attached hydrogens (primary N) is 1. The first-order valence-electron chi connectivity index (χ1n) is 9.03. The number of thiazole rings is 1. The van der Waals surface area contributed by atoms with Gasteiger partial charge in [0.2, 0.25) is 5.91 Å². The van der Waals surface area contributed by atoms with Crippen molar-refractivity contribution in [1.82, 2.24) is 15.0 Å². The number of rotatable bonds is 11. The van der Waals surface area contributed by atoms with Crippen LogP contribution in [0.25, 0.3) is 0 Å². The van der Waals surface area contributed by atoms with E-state index in [4.69, 9.17) is 10.2 Å². The number of para-hydroxylation sites is 1. The minimum atomic E-state index is -3.80. The molecule has 1 aromatic carbocycles. The fourth-order valence-corrected chi connectivity index (χ4v) is 3.57. The lowest BCUT2D eigenvalue weighted by Gasteiger charge is -2.15. The molecule has 14 heteroatoms. The van der Waals surface area contributed by atoms with Gasteiger partial charge in [-0.25, -0.2) is 19.6 Å². The molecule has 1 aromatic heterocycles. The van der Waals surface area contributed by atoms with Crippen LogP contribution in [0.1, 0.15) is 29.8 Å². The van der Waals surface area contributed by atoms with Crippen LogP contribution in [0, 0.1) is 0 Å². The highest BCUT2D eigenvalue weighted by atomic mass is 32.2. The number of aromatic nitrogens is 1. The normalized spacial score (nSPS) is 12.0. The zero-order chi connectivity index (χ0) is 22.9. The molecule has 0 aliphatic rings. The van der Waals surface area contributed by atoms with Crippen molar-refractivity contribution in [2.45, 2.75) is 25.3 Å². The average molecular weight is 471 g/mol. The van der Waals surface area contributed by atoms with Crippen molar-refractivity contribution in [3.05, 3.63) is 41.4 Å². The van der Waals surface area contributed by atoms with Crippen molar-refractivity contribution in [2.24, 2.45) is 5.14 Å². The summed E-state index contributed by atoms with van der Waals surface area (Å²) in [6.07, 6.45) is -0.562. The average Bonchev–Trinajstić information content (AvgIpc) is 3.15. The Morgan fingerprint density at radius 2 is 1.84 bits per heavy atom. The largest absolute Gasteiger partial charge is 0.465 e. The Bertz CT molecular complexity index is 1010. The molecular weight excluding hydrogens is 448 g/mol. The first kappa shape index (κ1) is 24.2. The number of carbonyl (C=O) groups excluding carboxylic acids is 2. The molecule has 3 amide bonds. The zero-order valence-electron chi connectivity index (χ0n) is 16.2. The van der Waals surface area contributed by atoms with Gasteiger partial charge in [0.15, 0.2) is 5.13 Å². The molecule has 0 aliphatic heterocycles. The molecule has 0 saturated carbocycles. The van der Waals surface area contributed by atoms with Crippen molar-refractivity contribution in [2.75, 3.05) is 17.2 Å². The minimum Gasteiger partial charge on any atom is -0.465 e. The molecule has 2 rings (SSSR count). The van der Waals surface area contributed by atoms with Gasteiger partial charge in [0.1, 0.15) is 11.7 Å². The third-order valence-electron chi connectivity index (χ3n) is 3.84. The monoisotopic (exact) mass is 470 g/mol. The molecular formula is C17H22N6O6S2.